The Morgan fingerprint density at radius 2 is 2.24 bits per heavy atom. The minimum atomic E-state index is 0.0470. The van der Waals surface area contributed by atoms with Crippen LogP contribution in [-0.4, -0.2) is 31.7 Å². The van der Waals surface area contributed by atoms with Crippen molar-refractivity contribution < 1.29 is 19.0 Å². The molecular weight excluding hydrogens is 336 g/mol. The van der Waals surface area contributed by atoms with Crippen LogP contribution in [0.3, 0.4) is 0 Å². The highest BCUT2D eigenvalue weighted by Crippen LogP contribution is 2.45. The van der Waals surface area contributed by atoms with Gasteiger partial charge in [-0.25, -0.2) is 0 Å². The third-order valence-corrected chi connectivity index (χ3v) is 4.97. The Morgan fingerprint density at radius 1 is 1.43 bits per heavy atom. The van der Waals surface area contributed by atoms with Crippen LogP contribution in [0.15, 0.2) is 16.6 Å². The molecule has 1 atom stereocenters. The fourth-order valence-corrected chi connectivity index (χ4v) is 3.64. The highest BCUT2D eigenvalue weighted by Gasteiger charge is 2.43. The van der Waals surface area contributed by atoms with E-state index in [4.69, 9.17) is 14.2 Å². The molecule has 0 bridgehead atoms. The summed E-state index contributed by atoms with van der Waals surface area (Å²) < 4.78 is 18.2. The molecule has 5 heteroatoms. The van der Waals surface area contributed by atoms with Crippen molar-refractivity contribution in [3.05, 3.63) is 22.2 Å². The Kier molecular flexibility index (Phi) is 4.22. The summed E-state index contributed by atoms with van der Waals surface area (Å²) in [4.78, 5) is 10.9. The second-order valence-corrected chi connectivity index (χ2v) is 6.62. The normalized spacial score (nSPS) is 23.4. The monoisotopic (exact) mass is 354 g/mol. The number of carbonyl (C=O) groups excluding carboxylic acids is 1. The summed E-state index contributed by atoms with van der Waals surface area (Å²) in [6.07, 6.45) is 6.25. The van der Waals surface area contributed by atoms with E-state index in [0.717, 1.165) is 43.0 Å². The fourth-order valence-electron chi connectivity index (χ4n) is 3.09. The Hall–Kier alpha value is -1.07. The van der Waals surface area contributed by atoms with Crippen molar-refractivity contribution in [2.45, 2.75) is 43.8 Å². The van der Waals surface area contributed by atoms with Gasteiger partial charge in [0.2, 0.25) is 0 Å². The molecule has 1 aromatic carbocycles. The second kappa shape index (κ2) is 5.97. The van der Waals surface area contributed by atoms with Gasteiger partial charge in [0, 0.05) is 18.4 Å². The van der Waals surface area contributed by atoms with E-state index in [1.807, 2.05) is 0 Å². The van der Waals surface area contributed by atoms with Crippen LogP contribution in [0.2, 0.25) is 0 Å². The summed E-state index contributed by atoms with van der Waals surface area (Å²) in [5.74, 6) is 1.25. The predicted octanol–water partition coefficient (Wildman–Crippen LogP) is 3.75. The number of ether oxygens (including phenoxy) is 3. The number of methoxy groups -OCH3 is 1. The maximum Gasteiger partial charge on any atom is 0.175 e. The number of hydrogen-bond donors (Lipinski definition) is 0. The molecule has 114 valence electrons. The molecule has 1 aromatic rings. The van der Waals surface area contributed by atoms with Gasteiger partial charge in [-0.05, 0) is 47.3 Å². The van der Waals surface area contributed by atoms with Gasteiger partial charge < -0.3 is 14.2 Å². The van der Waals surface area contributed by atoms with Gasteiger partial charge in [-0.15, -0.1) is 0 Å². The molecule has 0 N–H and O–H groups in total. The molecule has 1 unspecified atom stereocenters. The lowest BCUT2D eigenvalue weighted by Crippen LogP contribution is -2.48. The third kappa shape index (κ3) is 2.94. The lowest BCUT2D eigenvalue weighted by molar-refractivity contribution is -0.153. The molecule has 4 nitrogen and oxygen atoms in total. The van der Waals surface area contributed by atoms with Crippen LogP contribution in [0.25, 0.3) is 0 Å². The molecule has 1 spiro atoms. The highest BCUT2D eigenvalue weighted by atomic mass is 79.9. The molecule has 1 aliphatic carbocycles. The topological polar surface area (TPSA) is 44.8 Å². The number of halogens is 1. The zero-order valence-electron chi connectivity index (χ0n) is 12.1. The largest absolute Gasteiger partial charge is 0.493 e. The standard InChI is InChI=1S/C16H19BrO4/c1-19-14-8-11(10-18)7-13(17)15(14)21-12-3-6-20-16(9-12)4-2-5-16/h7-8,10,12H,2-6,9H2,1H3. The van der Waals surface area contributed by atoms with Crippen LogP contribution in [0.4, 0.5) is 0 Å². The molecule has 1 heterocycles. The first kappa shape index (κ1) is 14.9. The molecule has 0 radical (unpaired) electrons. The summed E-state index contributed by atoms with van der Waals surface area (Å²) >= 11 is 3.47. The summed E-state index contributed by atoms with van der Waals surface area (Å²) in [6.45, 7) is 0.747. The molecular formula is C16H19BrO4. The van der Waals surface area contributed by atoms with Crippen molar-refractivity contribution in [2.75, 3.05) is 13.7 Å². The van der Waals surface area contributed by atoms with Gasteiger partial charge in [-0.2, -0.15) is 0 Å². The highest BCUT2D eigenvalue weighted by molar-refractivity contribution is 9.10. The van der Waals surface area contributed by atoms with Gasteiger partial charge in [0.25, 0.3) is 0 Å². The van der Waals surface area contributed by atoms with Crippen molar-refractivity contribution in [1.82, 2.24) is 0 Å². The van der Waals surface area contributed by atoms with Crippen molar-refractivity contribution in [1.29, 1.82) is 0 Å². The third-order valence-electron chi connectivity index (χ3n) is 4.38. The Morgan fingerprint density at radius 3 is 2.86 bits per heavy atom. The van der Waals surface area contributed by atoms with Crippen LogP contribution in [0.5, 0.6) is 11.5 Å². The van der Waals surface area contributed by atoms with Crippen LogP contribution in [0.1, 0.15) is 42.5 Å². The summed E-state index contributed by atoms with van der Waals surface area (Å²) in [5, 5.41) is 0. The minimum Gasteiger partial charge on any atom is -0.493 e. The predicted molar refractivity (Wildman–Crippen MR) is 82.3 cm³/mol. The average Bonchev–Trinajstić information content (AvgIpc) is 2.47. The van der Waals surface area contributed by atoms with Crippen LogP contribution in [0, 0.1) is 0 Å². The Bertz CT molecular complexity index is 539. The van der Waals surface area contributed by atoms with Gasteiger partial charge in [0.1, 0.15) is 12.4 Å². The van der Waals surface area contributed by atoms with E-state index >= 15 is 0 Å². The van der Waals surface area contributed by atoms with Crippen LogP contribution >= 0.6 is 15.9 Å². The molecule has 2 aliphatic rings. The molecule has 1 aliphatic heterocycles. The van der Waals surface area contributed by atoms with Crippen molar-refractivity contribution >= 4 is 22.2 Å². The number of carbonyl (C=O) groups is 1. The van der Waals surface area contributed by atoms with E-state index in [1.54, 1.807) is 19.2 Å². The Labute approximate surface area is 132 Å². The smallest absolute Gasteiger partial charge is 0.175 e. The van der Waals surface area contributed by atoms with Gasteiger partial charge in [-0.3, -0.25) is 4.79 Å². The van der Waals surface area contributed by atoms with Crippen molar-refractivity contribution in [2.24, 2.45) is 0 Å². The van der Waals surface area contributed by atoms with Gasteiger partial charge in [-0.1, -0.05) is 0 Å². The van der Waals surface area contributed by atoms with E-state index in [0.29, 0.717) is 17.1 Å². The average molecular weight is 355 g/mol. The summed E-state index contributed by atoms with van der Waals surface area (Å²) in [7, 11) is 1.58. The lowest BCUT2D eigenvalue weighted by Gasteiger charge is -2.47. The second-order valence-electron chi connectivity index (χ2n) is 5.77. The first-order valence-corrected chi connectivity index (χ1v) is 8.08. The molecule has 21 heavy (non-hydrogen) atoms. The number of aldehydes is 1. The zero-order chi connectivity index (χ0) is 14.9. The first-order valence-electron chi connectivity index (χ1n) is 7.29. The first-order chi connectivity index (χ1) is 10.2. The van der Waals surface area contributed by atoms with Crippen LogP contribution in [-0.2, 0) is 4.74 Å². The van der Waals surface area contributed by atoms with Gasteiger partial charge >= 0.3 is 0 Å². The van der Waals surface area contributed by atoms with E-state index in [-0.39, 0.29) is 11.7 Å². The maximum atomic E-state index is 10.9. The van der Waals surface area contributed by atoms with Crippen LogP contribution < -0.4 is 9.47 Å². The van der Waals surface area contributed by atoms with Crippen molar-refractivity contribution in [3.63, 3.8) is 0 Å². The molecule has 3 rings (SSSR count). The molecule has 1 saturated heterocycles. The van der Waals surface area contributed by atoms with E-state index < -0.39 is 0 Å². The minimum absolute atomic E-state index is 0.0470. The van der Waals surface area contributed by atoms with E-state index in [2.05, 4.69) is 15.9 Å². The van der Waals surface area contributed by atoms with Crippen molar-refractivity contribution in [3.8, 4) is 11.5 Å². The molecule has 0 amide bonds. The number of rotatable bonds is 4. The lowest BCUT2D eigenvalue weighted by atomic mass is 9.74. The summed E-state index contributed by atoms with van der Waals surface area (Å²) in [6, 6.07) is 3.45. The number of hydrogen-bond acceptors (Lipinski definition) is 4. The molecule has 1 saturated carbocycles. The summed E-state index contributed by atoms with van der Waals surface area (Å²) in [5.41, 5.74) is 0.610. The van der Waals surface area contributed by atoms with Gasteiger partial charge in [0.05, 0.1) is 23.8 Å². The van der Waals surface area contributed by atoms with E-state index in [9.17, 15) is 4.79 Å². The quantitative estimate of drug-likeness (QED) is 0.772. The van der Waals surface area contributed by atoms with E-state index in [1.165, 1.54) is 6.42 Å². The molecule has 0 aromatic heterocycles. The zero-order valence-corrected chi connectivity index (χ0v) is 13.6. The fraction of sp³-hybridized carbons (Fsp3) is 0.562. The SMILES string of the molecule is COc1cc(C=O)cc(Br)c1OC1CCOC2(CCC2)C1. The Balaban J connectivity index is 1.79. The number of benzene rings is 1. The maximum absolute atomic E-state index is 10.9. The molecule has 2 fully saturated rings. The van der Waals surface area contributed by atoms with Gasteiger partial charge in [0.15, 0.2) is 11.5 Å².